The fourth-order valence-corrected chi connectivity index (χ4v) is 1.55. The minimum absolute atomic E-state index is 0.412. The normalized spacial score (nSPS) is 14.3. The van der Waals surface area contributed by atoms with Crippen molar-refractivity contribution in [3.05, 3.63) is 23.0 Å². The molecule has 0 aliphatic rings. The molecule has 1 aromatic rings. The Morgan fingerprint density at radius 2 is 2.33 bits per heavy atom. The Kier molecular flexibility index (Phi) is 4.09. The van der Waals surface area contributed by atoms with E-state index in [9.17, 15) is 0 Å². The lowest BCUT2D eigenvalue weighted by molar-refractivity contribution is 0.696. The molecule has 15 heavy (non-hydrogen) atoms. The zero-order valence-electron chi connectivity index (χ0n) is 10.3. The van der Waals surface area contributed by atoms with Crippen molar-refractivity contribution in [1.82, 2.24) is 15.1 Å². The Bertz CT molecular complexity index is 350. The topological polar surface area (TPSA) is 29.9 Å². The Labute approximate surface area is 92.2 Å². The molecular weight excluding hydrogens is 186 g/mol. The summed E-state index contributed by atoms with van der Waals surface area (Å²) in [5.74, 6) is 0. The number of aryl methyl sites for hydroxylation is 2. The van der Waals surface area contributed by atoms with Crippen molar-refractivity contribution in [2.45, 2.75) is 33.2 Å². The first-order valence-corrected chi connectivity index (χ1v) is 5.46. The molecule has 84 valence electrons. The molecule has 0 spiro atoms. The molecule has 1 heterocycles. The maximum absolute atomic E-state index is 4.42. The predicted molar refractivity (Wildman–Crippen MR) is 64.8 cm³/mol. The van der Waals surface area contributed by atoms with Crippen LogP contribution in [0.1, 0.15) is 32.0 Å². The quantitative estimate of drug-likeness (QED) is 0.818. The van der Waals surface area contributed by atoms with E-state index in [0.29, 0.717) is 6.04 Å². The lowest BCUT2D eigenvalue weighted by Crippen LogP contribution is -2.21. The Morgan fingerprint density at radius 1 is 1.67 bits per heavy atom. The van der Waals surface area contributed by atoms with Crippen LogP contribution in [0.5, 0.6) is 0 Å². The Morgan fingerprint density at radius 3 is 2.87 bits per heavy atom. The van der Waals surface area contributed by atoms with E-state index in [2.05, 4.69) is 43.5 Å². The summed E-state index contributed by atoms with van der Waals surface area (Å²) in [4.78, 5) is 0. The van der Waals surface area contributed by atoms with Gasteiger partial charge in [-0.1, -0.05) is 18.6 Å². The highest BCUT2D eigenvalue weighted by Crippen LogP contribution is 2.13. The van der Waals surface area contributed by atoms with Crippen LogP contribution in [-0.4, -0.2) is 22.9 Å². The van der Waals surface area contributed by atoms with Gasteiger partial charge in [0.15, 0.2) is 0 Å². The molecule has 0 aromatic carbocycles. The average molecular weight is 207 g/mol. The van der Waals surface area contributed by atoms with Crippen LogP contribution in [0.3, 0.4) is 0 Å². The van der Waals surface area contributed by atoms with Crippen molar-refractivity contribution < 1.29 is 0 Å². The third kappa shape index (κ3) is 2.93. The van der Waals surface area contributed by atoms with Gasteiger partial charge in [-0.3, -0.25) is 4.68 Å². The summed E-state index contributed by atoms with van der Waals surface area (Å²) in [7, 11) is 3.94. The molecule has 1 aromatic heterocycles. The SMILES string of the molecule is CCc1nn(C)cc1/C=C(/C)C(C)NC. The molecule has 3 heteroatoms. The number of hydrogen-bond donors (Lipinski definition) is 1. The summed E-state index contributed by atoms with van der Waals surface area (Å²) in [6, 6.07) is 0.412. The second kappa shape index (κ2) is 5.12. The van der Waals surface area contributed by atoms with Crippen LogP contribution in [0, 0.1) is 0 Å². The van der Waals surface area contributed by atoms with Gasteiger partial charge in [-0.25, -0.2) is 0 Å². The van der Waals surface area contributed by atoms with E-state index in [1.165, 1.54) is 16.8 Å². The fraction of sp³-hybridized carbons (Fsp3) is 0.583. The molecule has 1 N–H and O–H groups in total. The van der Waals surface area contributed by atoms with Gasteiger partial charge in [-0.15, -0.1) is 0 Å². The van der Waals surface area contributed by atoms with Crippen molar-refractivity contribution in [2.75, 3.05) is 7.05 Å². The zero-order valence-corrected chi connectivity index (χ0v) is 10.3. The number of aromatic nitrogens is 2. The standard InChI is InChI=1S/C12H21N3/c1-6-12-11(8-15(5)14-12)7-9(2)10(3)13-4/h7-8,10,13H,6H2,1-5H3/b9-7-. The molecule has 0 saturated carbocycles. The molecule has 0 saturated heterocycles. The molecule has 3 nitrogen and oxygen atoms in total. The first kappa shape index (κ1) is 12.0. The number of rotatable bonds is 4. The van der Waals surface area contributed by atoms with Crippen LogP contribution >= 0.6 is 0 Å². The maximum atomic E-state index is 4.42. The average Bonchev–Trinajstić information content (AvgIpc) is 2.57. The van der Waals surface area contributed by atoms with Crippen molar-refractivity contribution in [3.63, 3.8) is 0 Å². The lowest BCUT2D eigenvalue weighted by atomic mass is 10.1. The van der Waals surface area contributed by atoms with Gasteiger partial charge in [-0.2, -0.15) is 5.10 Å². The molecule has 1 rings (SSSR count). The molecule has 0 bridgehead atoms. The molecule has 0 aliphatic heterocycles. The molecule has 0 amide bonds. The van der Waals surface area contributed by atoms with Crippen molar-refractivity contribution in [1.29, 1.82) is 0 Å². The van der Waals surface area contributed by atoms with Crippen LogP contribution in [0.25, 0.3) is 6.08 Å². The minimum Gasteiger partial charge on any atom is -0.314 e. The minimum atomic E-state index is 0.412. The fourth-order valence-electron chi connectivity index (χ4n) is 1.55. The van der Waals surface area contributed by atoms with Gasteiger partial charge in [0.25, 0.3) is 0 Å². The largest absolute Gasteiger partial charge is 0.314 e. The first-order valence-electron chi connectivity index (χ1n) is 5.46. The summed E-state index contributed by atoms with van der Waals surface area (Å²) in [6.07, 6.45) is 5.27. The van der Waals surface area contributed by atoms with Crippen molar-refractivity contribution in [2.24, 2.45) is 7.05 Å². The van der Waals surface area contributed by atoms with Crippen LogP contribution in [0.4, 0.5) is 0 Å². The van der Waals surface area contributed by atoms with Crippen molar-refractivity contribution >= 4 is 6.08 Å². The van der Waals surface area contributed by atoms with Crippen molar-refractivity contribution in [3.8, 4) is 0 Å². The number of likely N-dealkylation sites (N-methyl/N-ethyl adjacent to an activating group) is 1. The highest BCUT2D eigenvalue weighted by molar-refractivity contribution is 5.55. The summed E-state index contributed by atoms with van der Waals surface area (Å²) in [6.45, 7) is 6.44. The second-order valence-corrected chi connectivity index (χ2v) is 3.96. The second-order valence-electron chi connectivity index (χ2n) is 3.96. The highest BCUT2D eigenvalue weighted by Gasteiger charge is 2.05. The van der Waals surface area contributed by atoms with Crippen LogP contribution in [0.2, 0.25) is 0 Å². The predicted octanol–water partition coefficient (Wildman–Crippen LogP) is 1.99. The van der Waals surface area contributed by atoms with E-state index in [1.807, 2.05) is 18.8 Å². The monoisotopic (exact) mass is 207 g/mol. The molecule has 0 fully saturated rings. The third-order valence-electron chi connectivity index (χ3n) is 2.77. The maximum Gasteiger partial charge on any atom is 0.0694 e. The van der Waals surface area contributed by atoms with Gasteiger partial charge in [0.1, 0.15) is 0 Å². The number of nitrogens with one attached hydrogen (secondary N) is 1. The Hall–Kier alpha value is -1.09. The number of hydrogen-bond acceptors (Lipinski definition) is 2. The third-order valence-corrected chi connectivity index (χ3v) is 2.77. The van der Waals surface area contributed by atoms with E-state index in [1.54, 1.807) is 0 Å². The van der Waals surface area contributed by atoms with Crippen LogP contribution in [0.15, 0.2) is 11.8 Å². The van der Waals surface area contributed by atoms with Crippen LogP contribution in [-0.2, 0) is 13.5 Å². The summed E-state index contributed by atoms with van der Waals surface area (Å²) >= 11 is 0. The summed E-state index contributed by atoms with van der Waals surface area (Å²) in [5, 5.41) is 7.65. The zero-order chi connectivity index (χ0) is 11.4. The van der Waals surface area contributed by atoms with Gasteiger partial charge in [-0.05, 0) is 27.3 Å². The lowest BCUT2D eigenvalue weighted by Gasteiger charge is -2.10. The molecule has 0 aliphatic carbocycles. The summed E-state index contributed by atoms with van der Waals surface area (Å²) < 4.78 is 1.88. The van der Waals surface area contributed by atoms with E-state index in [-0.39, 0.29) is 0 Å². The van der Waals surface area contributed by atoms with Gasteiger partial charge in [0.2, 0.25) is 0 Å². The van der Waals surface area contributed by atoms with Crippen LogP contribution < -0.4 is 5.32 Å². The Balaban J connectivity index is 2.96. The molecular formula is C12H21N3. The van der Waals surface area contributed by atoms with E-state index < -0.39 is 0 Å². The highest BCUT2D eigenvalue weighted by atomic mass is 15.2. The van der Waals surface area contributed by atoms with Gasteiger partial charge < -0.3 is 5.32 Å². The van der Waals surface area contributed by atoms with Gasteiger partial charge in [0.05, 0.1) is 5.69 Å². The molecule has 0 radical (unpaired) electrons. The van der Waals surface area contributed by atoms with E-state index in [0.717, 1.165) is 6.42 Å². The smallest absolute Gasteiger partial charge is 0.0694 e. The van der Waals surface area contributed by atoms with E-state index >= 15 is 0 Å². The molecule has 1 unspecified atom stereocenters. The van der Waals surface area contributed by atoms with E-state index in [4.69, 9.17) is 0 Å². The van der Waals surface area contributed by atoms with Gasteiger partial charge >= 0.3 is 0 Å². The molecule has 1 atom stereocenters. The number of nitrogens with zero attached hydrogens (tertiary/aromatic N) is 2. The van der Waals surface area contributed by atoms with Gasteiger partial charge in [0, 0.05) is 24.8 Å². The first-order chi connectivity index (χ1) is 7.08. The summed E-state index contributed by atoms with van der Waals surface area (Å²) in [5.41, 5.74) is 3.74.